The van der Waals surface area contributed by atoms with E-state index in [4.69, 9.17) is 11.5 Å². The van der Waals surface area contributed by atoms with Gasteiger partial charge in [0.25, 0.3) is 0 Å². The van der Waals surface area contributed by atoms with Crippen LogP contribution in [0, 0.1) is 6.92 Å². The van der Waals surface area contributed by atoms with Gasteiger partial charge in [-0.25, -0.2) is 9.97 Å². The number of aromatic nitrogens is 3. The Hall–Kier alpha value is -2.01. The second-order valence-corrected chi connectivity index (χ2v) is 3.48. The van der Waals surface area contributed by atoms with Crippen molar-refractivity contribution in [3.8, 4) is 11.5 Å². The van der Waals surface area contributed by atoms with E-state index in [2.05, 4.69) is 15.0 Å². The molecule has 2 aromatic heterocycles. The van der Waals surface area contributed by atoms with E-state index in [0.717, 1.165) is 16.8 Å². The van der Waals surface area contributed by atoms with Gasteiger partial charge >= 0.3 is 0 Å². The molecule has 0 atom stereocenters. The van der Waals surface area contributed by atoms with Crippen molar-refractivity contribution in [3.63, 3.8) is 0 Å². The molecule has 4 N–H and O–H groups in total. The van der Waals surface area contributed by atoms with Crippen molar-refractivity contribution in [3.05, 3.63) is 35.7 Å². The van der Waals surface area contributed by atoms with Crippen molar-refractivity contribution in [2.24, 2.45) is 5.73 Å². The summed E-state index contributed by atoms with van der Waals surface area (Å²) in [5, 5.41) is 0. The number of pyridine rings is 1. The van der Waals surface area contributed by atoms with Gasteiger partial charge in [0.05, 0.1) is 0 Å². The molecule has 0 saturated carbocycles. The van der Waals surface area contributed by atoms with Crippen LogP contribution in [0.3, 0.4) is 0 Å². The molecule has 0 aromatic carbocycles. The molecule has 0 aliphatic heterocycles. The van der Waals surface area contributed by atoms with Crippen LogP contribution in [0.1, 0.15) is 11.1 Å². The first-order valence-corrected chi connectivity index (χ1v) is 4.96. The summed E-state index contributed by atoms with van der Waals surface area (Å²) in [5.41, 5.74) is 13.8. The zero-order valence-corrected chi connectivity index (χ0v) is 9.01. The van der Waals surface area contributed by atoms with Crippen molar-refractivity contribution < 1.29 is 0 Å². The third kappa shape index (κ3) is 1.85. The fraction of sp³-hybridized carbons (Fsp3) is 0.182. The molecule has 5 heteroatoms. The number of anilines is 1. The summed E-state index contributed by atoms with van der Waals surface area (Å²) >= 11 is 0. The van der Waals surface area contributed by atoms with Gasteiger partial charge < -0.3 is 11.5 Å². The smallest absolute Gasteiger partial charge is 0.180 e. The summed E-state index contributed by atoms with van der Waals surface area (Å²) in [7, 11) is 0. The summed E-state index contributed by atoms with van der Waals surface area (Å²) in [5.74, 6) is 0.949. The van der Waals surface area contributed by atoms with E-state index >= 15 is 0 Å². The number of hydrogen-bond acceptors (Lipinski definition) is 5. The van der Waals surface area contributed by atoms with E-state index in [1.54, 1.807) is 12.4 Å². The highest BCUT2D eigenvalue weighted by Gasteiger charge is 2.08. The Morgan fingerprint density at radius 2 is 2.12 bits per heavy atom. The van der Waals surface area contributed by atoms with Gasteiger partial charge in [0.1, 0.15) is 11.5 Å². The van der Waals surface area contributed by atoms with Crippen molar-refractivity contribution in [2.45, 2.75) is 13.5 Å². The lowest BCUT2D eigenvalue weighted by molar-refractivity contribution is 1.01. The van der Waals surface area contributed by atoms with Gasteiger partial charge in [-0.15, -0.1) is 0 Å². The molecular formula is C11H13N5. The minimum absolute atomic E-state index is 0.341. The maximum absolute atomic E-state index is 5.76. The average Bonchev–Trinajstić information content (AvgIpc) is 2.29. The van der Waals surface area contributed by atoms with Crippen molar-refractivity contribution in [1.29, 1.82) is 0 Å². The van der Waals surface area contributed by atoms with Gasteiger partial charge in [-0.3, -0.25) is 4.98 Å². The molecule has 16 heavy (non-hydrogen) atoms. The van der Waals surface area contributed by atoms with Crippen LogP contribution in [0.5, 0.6) is 0 Å². The molecule has 5 nitrogen and oxygen atoms in total. The topological polar surface area (TPSA) is 90.7 Å². The Bertz CT molecular complexity index is 509. The van der Waals surface area contributed by atoms with Crippen LogP contribution in [0.4, 0.5) is 5.82 Å². The van der Waals surface area contributed by atoms with Gasteiger partial charge in [0.15, 0.2) is 5.82 Å². The van der Waals surface area contributed by atoms with Crippen LogP contribution < -0.4 is 11.5 Å². The largest absolute Gasteiger partial charge is 0.383 e. The van der Waals surface area contributed by atoms with Gasteiger partial charge in [-0.1, -0.05) is 6.07 Å². The molecule has 0 aliphatic rings. The molecule has 0 saturated heterocycles. The Kier molecular flexibility index (Phi) is 2.78. The number of rotatable bonds is 2. The van der Waals surface area contributed by atoms with Gasteiger partial charge in [0.2, 0.25) is 0 Å². The predicted octanol–water partition coefficient (Wildman–Crippen LogP) is 0.888. The van der Waals surface area contributed by atoms with Crippen LogP contribution in [0.15, 0.2) is 24.5 Å². The quantitative estimate of drug-likeness (QED) is 0.776. The van der Waals surface area contributed by atoms with Crippen molar-refractivity contribution in [1.82, 2.24) is 15.0 Å². The Labute approximate surface area is 93.6 Å². The molecule has 2 heterocycles. The molecule has 82 valence electrons. The summed E-state index contributed by atoms with van der Waals surface area (Å²) < 4.78 is 0. The molecular weight excluding hydrogens is 202 g/mol. The van der Waals surface area contributed by atoms with Crippen LogP contribution in [-0.2, 0) is 6.54 Å². The third-order valence-electron chi connectivity index (χ3n) is 2.34. The van der Waals surface area contributed by atoms with Gasteiger partial charge in [0, 0.05) is 24.5 Å². The predicted molar refractivity (Wildman–Crippen MR) is 62.3 cm³/mol. The molecule has 0 aliphatic carbocycles. The number of nitrogen functional groups attached to an aromatic ring is 1. The minimum Gasteiger partial charge on any atom is -0.383 e. The van der Waals surface area contributed by atoms with E-state index in [0.29, 0.717) is 18.2 Å². The number of hydrogen-bond donors (Lipinski definition) is 2. The third-order valence-corrected chi connectivity index (χ3v) is 2.34. The number of aryl methyl sites for hydroxylation is 1. The standard InChI is InChI=1S/C11H13N5/c1-7-3-2-4-14-9(7)11-15-6-8(5-12)10(13)16-11/h2-4,6H,5,12H2,1H3,(H2,13,15,16). The van der Waals surface area contributed by atoms with Crippen LogP contribution in [0.2, 0.25) is 0 Å². The number of nitrogens with two attached hydrogens (primary N) is 2. The second kappa shape index (κ2) is 4.24. The Balaban J connectivity index is 2.50. The summed E-state index contributed by atoms with van der Waals surface area (Å²) in [6.07, 6.45) is 3.35. The normalized spacial score (nSPS) is 10.4. The fourth-order valence-electron chi connectivity index (χ4n) is 1.41. The highest BCUT2D eigenvalue weighted by atomic mass is 15.0. The first-order chi connectivity index (χ1) is 7.72. The van der Waals surface area contributed by atoms with Crippen LogP contribution >= 0.6 is 0 Å². The van der Waals surface area contributed by atoms with E-state index in [-0.39, 0.29) is 0 Å². The lowest BCUT2D eigenvalue weighted by Gasteiger charge is -2.05. The van der Waals surface area contributed by atoms with E-state index in [9.17, 15) is 0 Å². The van der Waals surface area contributed by atoms with E-state index in [1.165, 1.54) is 0 Å². The highest BCUT2D eigenvalue weighted by Crippen LogP contribution is 2.18. The first kappa shape index (κ1) is 10.5. The lowest BCUT2D eigenvalue weighted by Crippen LogP contribution is -2.06. The summed E-state index contributed by atoms with van der Waals surface area (Å²) in [6.45, 7) is 2.30. The van der Waals surface area contributed by atoms with Crippen molar-refractivity contribution >= 4 is 5.82 Å². The van der Waals surface area contributed by atoms with Gasteiger partial charge in [-0.05, 0) is 18.6 Å². The highest BCUT2D eigenvalue weighted by molar-refractivity contribution is 5.56. The summed E-state index contributed by atoms with van der Waals surface area (Å²) in [4.78, 5) is 12.6. The zero-order chi connectivity index (χ0) is 11.5. The second-order valence-electron chi connectivity index (χ2n) is 3.48. The molecule has 0 radical (unpaired) electrons. The molecule has 0 bridgehead atoms. The van der Waals surface area contributed by atoms with Crippen LogP contribution in [-0.4, -0.2) is 15.0 Å². The monoisotopic (exact) mass is 215 g/mol. The minimum atomic E-state index is 0.341. The summed E-state index contributed by atoms with van der Waals surface area (Å²) in [6, 6.07) is 3.83. The average molecular weight is 215 g/mol. The SMILES string of the molecule is Cc1cccnc1-c1ncc(CN)c(N)n1. The molecule has 2 rings (SSSR count). The molecule has 0 fully saturated rings. The molecule has 0 spiro atoms. The Morgan fingerprint density at radius 1 is 1.31 bits per heavy atom. The fourth-order valence-corrected chi connectivity index (χ4v) is 1.41. The number of nitrogens with zero attached hydrogens (tertiary/aromatic N) is 3. The van der Waals surface area contributed by atoms with E-state index < -0.39 is 0 Å². The molecule has 2 aromatic rings. The molecule has 0 unspecified atom stereocenters. The zero-order valence-electron chi connectivity index (χ0n) is 9.01. The molecule has 0 amide bonds. The van der Waals surface area contributed by atoms with E-state index in [1.807, 2.05) is 19.1 Å². The van der Waals surface area contributed by atoms with Crippen molar-refractivity contribution in [2.75, 3.05) is 5.73 Å². The first-order valence-electron chi connectivity index (χ1n) is 4.96. The maximum Gasteiger partial charge on any atom is 0.180 e. The maximum atomic E-state index is 5.76. The van der Waals surface area contributed by atoms with Crippen LogP contribution in [0.25, 0.3) is 11.5 Å². The Morgan fingerprint density at radius 3 is 2.75 bits per heavy atom. The van der Waals surface area contributed by atoms with Gasteiger partial charge in [-0.2, -0.15) is 0 Å². The lowest BCUT2D eigenvalue weighted by atomic mass is 10.2.